The lowest BCUT2D eigenvalue weighted by Gasteiger charge is -2.33. The highest BCUT2D eigenvalue weighted by molar-refractivity contribution is 5.34. The van der Waals surface area contributed by atoms with Crippen molar-refractivity contribution >= 4 is 5.95 Å². The van der Waals surface area contributed by atoms with Crippen LogP contribution in [0.3, 0.4) is 0 Å². The molecular weight excluding hydrogens is 300 g/mol. The number of para-hydroxylation sites is 1. The molecule has 2 heterocycles. The standard InChI is InChI=1S/C19H24N4O/c1-2-13-24-18-9-4-3-7-16(18)14-22-17-8-5-12-23(15-17)19-20-10-6-11-21-19/h2-4,6-7,9-11,17,22H,1,5,8,12-15H2. The lowest BCUT2D eigenvalue weighted by Crippen LogP contribution is -2.46. The molecule has 126 valence electrons. The molecule has 5 heteroatoms. The predicted octanol–water partition coefficient (Wildman–Crippen LogP) is 2.80. The Morgan fingerprint density at radius 1 is 1.25 bits per heavy atom. The average molecular weight is 324 g/mol. The Kier molecular flexibility index (Phi) is 5.80. The third-order valence-electron chi connectivity index (χ3n) is 4.17. The summed E-state index contributed by atoms with van der Waals surface area (Å²) in [5, 5.41) is 3.65. The SMILES string of the molecule is C=CCOc1ccccc1CNC1CCCN(c2ncccn2)C1. The van der Waals surface area contributed by atoms with Crippen LogP contribution in [0.25, 0.3) is 0 Å². The van der Waals surface area contributed by atoms with Gasteiger partial charge in [0.15, 0.2) is 0 Å². The van der Waals surface area contributed by atoms with E-state index in [1.807, 2.05) is 24.3 Å². The number of hydrogen-bond acceptors (Lipinski definition) is 5. The maximum atomic E-state index is 5.73. The summed E-state index contributed by atoms with van der Waals surface area (Å²) in [7, 11) is 0. The Bertz CT molecular complexity index is 647. The molecule has 1 fully saturated rings. The Morgan fingerprint density at radius 2 is 2.08 bits per heavy atom. The number of nitrogens with zero attached hydrogens (tertiary/aromatic N) is 3. The molecular formula is C19H24N4O. The number of hydrogen-bond donors (Lipinski definition) is 1. The molecule has 0 spiro atoms. The van der Waals surface area contributed by atoms with Crippen LogP contribution in [-0.2, 0) is 6.54 Å². The Morgan fingerprint density at radius 3 is 2.92 bits per heavy atom. The van der Waals surface area contributed by atoms with Crippen molar-refractivity contribution in [2.45, 2.75) is 25.4 Å². The van der Waals surface area contributed by atoms with Crippen molar-refractivity contribution in [3.63, 3.8) is 0 Å². The van der Waals surface area contributed by atoms with E-state index in [1.165, 1.54) is 12.0 Å². The highest BCUT2D eigenvalue weighted by Gasteiger charge is 2.21. The van der Waals surface area contributed by atoms with Crippen LogP contribution in [0.4, 0.5) is 5.95 Å². The number of rotatable bonds is 7. The first-order chi connectivity index (χ1) is 11.9. The number of anilines is 1. The molecule has 5 nitrogen and oxygen atoms in total. The highest BCUT2D eigenvalue weighted by atomic mass is 16.5. The molecule has 1 atom stereocenters. The summed E-state index contributed by atoms with van der Waals surface area (Å²) in [6.07, 6.45) is 7.67. The first kappa shape index (κ1) is 16.5. The van der Waals surface area contributed by atoms with E-state index in [9.17, 15) is 0 Å². The summed E-state index contributed by atoms with van der Waals surface area (Å²) in [5.74, 6) is 1.74. The molecule has 1 aliphatic rings. The van der Waals surface area contributed by atoms with Crippen molar-refractivity contribution in [3.8, 4) is 5.75 Å². The van der Waals surface area contributed by atoms with Gasteiger partial charge < -0.3 is 15.0 Å². The third-order valence-corrected chi connectivity index (χ3v) is 4.17. The molecule has 1 aromatic heterocycles. The van der Waals surface area contributed by atoms with Gasteiger partial charge in [-0.2, -0.15) is 0 Å². The van der Waals surface area contributed by atoms with Gasteiger partial charge in [0.25, 0.3) is 0 Å². The molecule has 0 amide bonds. The Balaban J connectivity index is 1.58. The predicted molar refractivity (Wildman–Crippen MR) is 96.2 cm³/mol. The van der Waals surface area contributed by atoms with E-state index < -0.39 is 0 Å². The molecule has 24 heavy (non-hydrogen) atoms. The first-order valence-electron chi connectivity index (χ1n) is 8.44. The molecule has 1 saturated heterocycles. The van der Waals surface area contributed by atoms with Crippen molar-refractivity contribution in [1.29, 1.82) is 0 Å². The minimum absolute atomic E-state index is 0.426. The molecule has 0 radical (unpaired) electrons. The number of aromatic nitrogens is 2. The van der Waals surface area contributed by atoms with Crippen LogP contribution in [-0.4, -0.2) is 35.7 Å². The summed E-state index contributed by atoms with van der Waals surface area (Å²) in [6, 6.07) is 10.4. The fourth-order valence-electron chi connectivity index (χ4n) is 2.97. The summed E-state index contributed by atoms with van der Waals surface area (Å²) in [4.78, 5) is 11.0. The fourth-order valence-corrected chi connectivity index (χ4v) is 2.97. The van der Waals surface area contributed by atoms with Crippen LogP contribution in [0.5, 0.6) is 5.75 Å². The first-order valence-corrected chi connectivity index (χ1v) is 8.44. The number of nitrogens with one attached hydrogen (secondary N) is 1. The molecule has 1 unspecified atom stereocenters. The monoisotopic (exact) mass is 324 g/mol. The molecule has 0 bridgehead atoms. The average Bonchev–Trinajstić information content (AvgIpc) is 2.66. The van der Waals surface area contributed by atoms with Gasteiger partial charge in [0.05, 0.1) is 0 Å². The van der Waals surface area contributed by atoms with Gasteiger partial charge in [-0.3, -0.25) is 0 Å². The van der Waals surface area contributed by atoms with Gasteiger partial charge >= 0.3 is 0 Å². The van der Waals surface area contributed by atoms with Crippen molar-refractivity contribution in [1.82, 2.24) is 15.3 Å². The zero-order valence-electron chi connectivity index (χ0n) is 13.9. The Hall–Kier alpha value is -2.40. The van der Waals surface area contributed by atoms with Gasteiger partial charge in [0.2, 0.25) is 5.95 Å². The molecule has 2 aromatic rings. The zero-order chi connectivity index (χ0) is 16.6. The minimum Gasteiger partial charge on any atom is -0.489 e. The summed E-state index contributed by atoms with van der Waals surface area (Å²) < 4.78 is 5.73. The smallest absolute Gasteiger partial charge is 0.225 e. The fraction of sp³-hybridized carbons (Fsp3) is 0.368. The van der Waals surface area contributed by atoms with Crippen LogP contribution >= 0.6 is 0 Å². The lowest BCUT2D eigenvalue weighted by atomic mass is 10.1. The maximum Gasteiger partial charge on any atom is 0.225 e. The van der Waals surface area contributed by atoms with E-state index in [0.29, 0.717) is 12.6 Å². The van der Waals surface area contributed by atoms with Crippen molar-refractivity contribution in [3.05, 3.63) is 60.9 Å². The molecule has 1 aliphatic heterocycles. The summed E-state index contributed by atoms with van der Waals surface area (Å²) in [5.41, 5.74) is 1.17. The topological polar surface area (TPSA) is 50.3 Å². The van der Waals surface area contributed by atoms with Crippen LogP contribution < -0.4 is 15.0 Å². The molecule has 0 saturated carbocycles. The summed E-state index contributed by atoms with van der Waals surface area (Å²) >= 11 is 0. The van der Waals surface area contributed by atoms with Crippen molar-refractivity contribution < 1.29 is 4.74 Å². The van der Waals surface area contributed by atoms with Crippen LogP contribution in [0.2, 0.25) is 0 Å². The largest absolute Gasteiger partial charge is 0.489 e. The molecule has 3 rings (SSSR count). The van der Waals surface area contributed by atoms with Crippen molar-refractivity contribution in [2.75, 3.05) is 24.6 Å². The molecule has 1 N–H and O–H groups in total. The summed E-state index contributed by atoms with van der Waals surface area (Å²) in [6.45, 7) is 6.97. The molecule has 1 aromatic carbocycles. The van der Waals surface area contributed by atoms with E-state index in [-0.39, 0.29) is 0 Å². The quantitative estimate of drug-likeness (QED) is 0.794. The Labute approximate surface area is 143 Å². The zero-order valence-corrected chi connectivity index (χ0v) is 13.9. The van der Waals surface area contributed by atoms with Crippen molar-refractivity contribution in [2.24, 2.45) is 0 Å². The van der Waals surface area contributed by atoms with E-state index in [0.717, 1.165) is 37.8 Å². The lowest BCUT2D eigenvalue weighted by molar-refractivity contribution is 0.354. The van der Waals surface area contributed by atoms with Crippen LogP contribution in [0, 0.1) is 0 Å². The van der Waals surface area contributed by atoms with Gasteiger partial charge in [-0.15, -0.1) is 0 Å². The van der Waals surface area contributed by atoms with Gasteiger partial charge in [-0.05, 0) is 25.0 Å². The number of ether oxygens (including phenoxy) is 1. The van der Waals surface area contributed by atoms with Gasteiger partial charge in [-0.1, -0.05) is 30.9 Å². The third kappa shape index (κ3) is 4.32. The van der Waals surface area contributed by atoms with Gasteiger partial charge in [0, 0.05) is 43.6 Å². The van der Waals surface area contributed by atoms with E-state index >= 15 is 0 Å². The van der Waals surface area contributed by atoms with E-state index in [2.05, 4.69) is 32.8 Å². The normalized spacial score (nSPS) is 17.5. The van der Waals surface area contributed by atoms with E-state index in [4.69, 9.17) is 4.74 Å². The second kappa shape index (κ2) is 8.45. The number of benzene rings is 1. The second-order valence-corrected chi connectivity index (χ2v) is 5.92. The maximum absolute atomic E-state index is 5.73. The van der Waals surface area contributed by atoms with E-state index in [1.54, 1.807) is 18.5 Å². The van der Waals surface area contributed by atoms with Gasteiger partial charge in [0.1, 0.15) is 12.4 Å². The highest BCUT2D eigenvalue weighted by Crippen LogP contribution is 2.20. The van der Waals surface area contributed by atoms with Gasteiger partial charge in [-0.25, -0.2) is 9.97 Å². The molecule has 0 aliphatic carbocycles. The van der Waals surface area contributed by atoms with Crippen LogP contribution in [0.1, 0.15) is 18.4 Å². The van der Waals surface area contributed by atoms with Crippen LogP contribution in [0.15, 0.2) is 55.4 Å². The minimum atomic E-state index is 0.426. The second-order valence-electron chi connectivity index (χ2n) is 5.92. The number of piperidine rings is 1.